The summed E-state index contributed by atoms with van der Waals surface area (Å²) in [5.41, 5.74) is 2.78. The molecule has 1 unspecified atom stereocenters. The standard InChI is InChI=1S/C28H38N2O4/c1-21(17-23-12-7-6-8-13-23)20-30(16-10-15-29-14-9-11-22(29)2)28(31)24-18-25(32-3)27(34-5)26(19-24)33-4/h6-8,12-13,17-19,22H,9-11,14-16,20H2,1-5H3/b21-17+. The molecule has 0 aromatic heterocycles. The molecule has 6 nitrogen and oxygen atoms in total. The van der Waals surface area contributed by atoms with Crippen molar-refractivity contribution in [2.75, 3.05) is 47.5 Å². The lowest BCUT2D eigenvalue weighted by molar-refractivity contribution is 0.0761. The fraction of sp³-hybridized carbons (Fsp3) is 0.464. The van der Waals surface area contributed by atoms with Crippen molar-refractivity contribution in [2.45, 2.75) is 39.2 Å². The molecular weight excluding hydrogens is 428 g/mol. The summed E-state index contributed by atoms with van der Waals surface area (Å²) in [6.07, 6.45) is 5.58. The maximum absolute atomic E-state index is 13.7. The molecule has 0 aliphatic carbocycles. The third-order valence-corrected chi connectivity index (χ3v) is 6.42. The summed E-state index contributed by atoms with van der Waals surface area (Å²) >= 11 is 0. The molecule has 1 fully saturated rings. The van der Waals surface area contributed by atoms with Gasteiger partial charge in [0, 0.05) is 31.2 Å². The van der Waals surface area contributed by atoms with Crippen LogP contribution in [0, 0.1) is 0 Å². The Balaban J connectivity index is 1.82. The van der Waals surface area contributed by atoms with Crippen LogP contribution < -0.4 is 14.2 Å². The van der Waals surface area contributed by atoms with Gasteiger partial charge in [-0.3, -0.25) is 4.79 Å². The monoisotopic (exact) mass is 466 g/mol. The minimum absolute atomic E-state index is 0.0467. The molecule has 3 rings (SSSR count). The predicted molar refractivity (Wildman–Crippen MR) is 137 cm³/mol. The SMILES string of the molecule is COc1cc(C(=O)N(CCCN2CCCC2C)C/C(C)=C/c2ccccc2)cc(OC)c1OC. The van der Waals surface area contributed by atoms with E-state index >= 15 is 0 Å². The Morgan fingerprint density at radius 3 is 2.32 bits per heavy atom. The highest BCUT2D eigenvalue weighted by molar-refractivity contribution is 5.96. The molecule has 1 heterocycles. The maximum Gasteiger partial charge on any atom is 0.254 e. The van der Waals surface area contributed by atoms with Gasteiger partial charge in [-0.05, 0) is 57.4 Å². The minimum atomic E-state index is -0.0467. The zero-order chi connectivity index (χ0) is 24.5. The molecular formula is C28H38N2O4. The summed E-state index contributed by atoms with van der Waals surface area (Å²) in [7, 11) is 4.69. The Labute approximate surface area is 204 Å². The quantitative estimate of drug-likeness (QED) is 0.459. The molecule has 6 heteroatoms. The summed E-state index contributed by atoms with van der Waals surface area (Å²) in [4.78, 5) is 18.1. The average Bonchev–Trinajstić information content (AvgIpc) is 3.26. The van der Waals surface area contributed by atoms with E-state index < -0.39 is 0 Å². The number of hydrogen-bond donors (Lipinski definition) is 0. The largest absolute Gasteiger partial charge is 0.493 e. The molecule has 0 bridgehead atoms. The van der Waals surface area contributed by atoms with Gasteiger partial charge in [0.2, 0.25) is 5.75 Å². The van der Waals surface area contributed by atoms with Gasteiger partial charge in [-0.2, -0.15) is 0 Å². The van der Waals surface area contributed by atoms with Crippen LogP contribution in [0.25, 0.3) is 6.08 Å². The summed E-state index contributed by atoms with van der Waals surface area (Å²) in [6.45, 7) is 7.75. The van der Waals surface area contributed by atoms with Crippen LogP contribution in [0.1, 0.15) is 49.0 Å². The van der Waals surface area contributed by atoms with Crippen molar-refractivity contribution in [1.82, 2.24) is 9.80 Å². The summed E-state index contributed by atoms with van der Waals surface area (Å²) in [5.74, 6) is 1.39. The van der Waals surface area contributed by atoms with E-state index in [-0.39, 0.29) is 5.91 Å². The first-order valence-corrected chi connectivity index (χ1v) is 12.0. The first-order valence-electron chi connectivity index (χ1n) is 12.0. The topological polar surface area (TPSA) is 51.2 Å². The third-order valence-electron chi connectivity index (χ3n) is 6.42. The number of likely N-dealkylation sites (tertiary alicyclic amines) is 1. The molecule has 0 N–H and O–H groups in total. The van der Waals surface area contributed by atoms with Crippen LogP contribution in [0.15, 0.2) is 48.0 Å². The van der Waals surface area contributed by atoms with E-state index in [4.69, 9.17) is 14.2 Å². The fourth-order valence-corrected chi connectivity index (χ4v) is 4.61. The molecule has 0 saturated carbocycles. The first kappa shape index (κ1) is 25.6. The van der Waals surface area contributed by atoms with Crippen LogP contribution in [0.4, 0.5) is 0 Å². The van der Waals surface area contributed by atoms with Gasteiger partial charge in [0.05, 0.1) is 21.3 Å². The smallest absolute Gasteiger partial charge is 0.254 e. The van der Waals surface area contributed by atoms with Gasteiger partial charge >= 0.3 is 0 Å². The van der Waals surface area contributed by atoms with Crippen LogP contribution in [0.2, 0.25) is 0 Å². The van der Waals surface area contributed by atoms with Crippen molar-refractivity contribution in [3.8, 4) is 17.2 Å². The maximum atomic E-state index is 13.7. The number of carbonyl (C=O) groups excluding carboxylic acids is 1. The Morgan fingerprint density at radius 1 is 1.09 bits per heavy atom. The van der Waals surface area contributed by atoms with Crippen molar-refractivity contribution in [3.63, 3.8) is 0 Å². The zero-order valence-electron chi connectivity index (χ0n) is 21.2. The van der Waals surface area contributed by atoms with E-state index in [2.05, 4.69) is 37.0 Å². The predicted octanol–water partition coefficient (Wildman–Crippen LogP) is 5.13. The molecule has 1 saturated heterocycles. The highest BCUT2D eigenvalue weighted by Crippen LogP contribution is 2.38. The van der Waals surface area contributed by atoms with Crippen LogP contribution in [-0.2, 0) is 0 Å². The van der Waals surface area contributed by atoms with Crippen molar-refractivity contribution >= 4 is 12.0 Å². The lowest BCUT2D eigenvalue weighted by Gasteiger charge is -2.26. The van der Waals surface area contributed by atoms with Crippen LogP contribution in [-0.4, -0.2) is 69.3 Å². The van der Waals surface area contributed by atoms with E-state index in [0.29, 0.717) is 41.9 Å². The average molecular weight is 467 g/mol. The first-order chi connectivity index (χ1) is 16.5. The number of hydrogen-bond acceptors (Lipinski definition) is 5. The number of carbonyl (C=O) groups is 1. The van der Waals surface area contributed by atoms with Crippen LogP contribution in [0.3, 0.4) is 0 Å². The van der Waals surface area contributed by atoms with Crippen molar-refractivity contribution < 1.29 is 19.0 Å². The number of ether oxygens (including phenoxy) is 3. The molecule has 0 radical (unpaired) electrons. The summed E-state index contributed by atoms with van der Waals surface area (Å²) in [5, 5.41) is 0. The Kier molecular flexibility index (Phi) is 9.40. The summed E-state index contributed by atoms with van der Waals surface area (Å²) in [6, 6.07) is 14.3. The van der Waals surface area contributed by atoms with Crippen molar-refractivity contribution in [2.24, 2.45) is 0 Å². The van der Waals surface area contributed by atoms with Gasteiger partial charge in [0.15, 0.2) is 11.5 Å². The Bertz CT molecular complexity index is 949. The van der Waals surface area contributed by atoms with Crippen LogP contribution >= 0.6 is 0 Å². The molecule has 2 aromatic carbocycles. The van der Waals surface area contributed by atoms with E-state index in [1.807, 2.05) is 23.1 Å². The highest BCUT2D eigenvalue weighted by Gasteiger charge is 2.23. The second-order valence-corrected chi connectivity index (χ2v) is 8.92. The van der Waals surface area contributed by atoms with Crippen LogP contribution in [0.5, 0.6) is 17.2 Å². The van der Waals surface area contributed by atoms with E-state index in [1.54, 1.807) is 33.5 Å². The Morgan fingerprint density at radius 2 is 1.76 bits per heavy atom. The molecule has 1 amide bonds. The second-order valence-electron chi connectivity index (χ2n) is 8.92. The molecule has 1 atom stereocenters. The normalized spacial score (nSPS) is 16.4. The molecule has 2 aromatic rings. The molecule has 0 spiro atoms. The van der Waals surface area contributed by atoms with Crippen molar-refractivity contribution in [3.05, 3.63) is 59.2 Å². The summed E-state index contributed by atoms with van der Waals surface area (Å²) < 4.78 is 16.4. The lowest BCUT2D eigenvalue weighted by Crippen LogP contribution is -2.36. The second kappa shape index (κ2) is 12.5. The van der Waals surface area contributed by atoms with Gasteiger partial charge in [0.25, 0.3) is 5.91 Å². The van der Waals surface area contributed by atoms with Gasteiger partial charge in [-0.25, -0.2) is 0 Å². The minimum Gasteiger partial charge on any atom is -0.493 e. The number of amides is 1. The van der Waals surface area contributed by atoms with Gasteiger partial charge < -0.3 is 24.0 Å². The molecule has 1 aliphatic rings. The third kappa shape index (κ3) is 6.54. The number of nitrogens with zero attached hydrogens (tertiary/aromatic N) is 2. The Hall–Kier alpha value is -2.99. The van der Waals surface area contributed by atoms with Gasteiger partial charge in [-0.1, -0.05) is 42.0 Å². The number of methoxy groups -OCH3 is 3. The zero-order valence-corrected chi connectivity index (χ0v) is 21.2. The molecule has 34 heavy (non-hydrogen) atoms. The fourth-order valence-electron chi connectivity index (χ4n) is 4.61. The molecule has 1 aliphatic heterocycles. The molecule has 184 valence electrons. The van der Waals surface area contributed by atoms with Gasteiger partial charge in [-0.15, -0.1) is 0 Å². The van der Waals surface area contributed by atoms with Gasteiger partial charge in [0.1, 0.15) is 0 Å². The number of benzene rings is 2. The number of rotatable bonds is 11. The van der Waals surface area contributed by atoms with E-state index in [9.17, 15) is 4.79 Å². The lowest BCUT2D eigenvalue weighted by atomic mass is 10.1. The van der Waals surface area contributed by atoms with E-state index in [0.717, 1.165) is 30.6 Å². The van der Waals surface area contributed by atoms with Crippen molar-refractivity contribution in [1.29, 1.82) is 0 Å². The van der Waals surface area contributed by atoms with E-state index in [1.165, 1.54) is 12.8 Å². The highest BCUT2D eigenvalue weighted by atomic mass is 16.5.